The van der Waals surface area contributed by atoms with Crippen molar-refractivity contribution in [1.29, 1.82) is 0 Å². The maximum atomic E-state index is 10.2. The van der Waals surface area contributed by atoms with Crippen LogP contribution in [0.3, 0.4) is 0 Å². The fraction of sp³-hybridized carbons (Fsp3) is 0.520. The Morgan fingerprint density at radius 1 is 1.03 bits per heavy atom. The molecule has 0 amide bonds. The van der Waals surface area contributed by atoms with Crippen molar-refractivity contribution < 1.29 is 29.5 Å². The number of rotatable bonds is 6. The van der Waals surface area contributed by atoms with Crippen molar-refractivity contribution in [3.05, 3.63) is 64.7 Å². The van der Waals surface area contributed by atoms with Crippen molar-refractivity contribution in [3.63, 3.8) is 0 Å². The lowest BCUT2D eigenvalue weighted by molar-refractivity contribution is -0.181. The third kappa shape index (κ3) is 4.23. The zero-order valence-corrected chi connectivity index (χ0v) is 17.7. The van der Waals surface area contributed by atoms with Gasteiger partial charge in [0.05, 0.1) is 32.0 Å². The Hall–Kier alpha value is -1.96. The van der Waals surface area contributed by atoms with Crippen LogP contribution >= 0.6 is 0 Å². The van der Waals surface area contributed by atoms with E-state index in [2.05, 4.69) is 31.2 Å². The molecule has 3 fully saturated rings. The monoisotopic (exact) mass is 426 g/mol. The highest BCUT2D eigenvalue weighted by atomic mass is 16.5. The number of benzene rings is 2. The number of aliphatic hydroxyl groups excluding tert-OH is 3. The van der Waals surface area contributed by atoms with Crippen LogP contribution in [-0.4, -0.2) is 59.6 Å². The summed E-state index contributed by atoms with van der Waals surface area (Å²) in [6.07, 6.45) is -1.70. The van der Waals surface area contributed by atoms with Gasteiger partial charge in [0, 0.05) is 18.3 Å². The van der Waals surface area contributed by atoms with Crippen LogP contribution in [0.5, 0.6) is 5.75 Å². The number of ether oxygens (including phenoxy) is 3. The van der Waals surface area contributed by atoms with Gasteiger partial charge in [-0.1, -0.05) is 30.3 Å². The fourth-order valence-corrected chi connectivity index (χ4v) is 4.83. The molecule has 0 aromatic heterocycles. The molecule has 6 atom stereocenters. The Kier molecular flexibility index (Phi) is 5.75. The minimum atomic E-state index is -1.06. The van der Waals surface area contributed by atoms with Gasteiger partial charge in [0.15, 0.2) is 0 Å². The molecule has 0 spiro atoms. The van der Waals surface area contributed by atoms with Gasteiger partial charge in [-0.05, 0) is 47.7 Å². The molecular formula is C25H30O6. The van der Waals surface area contributed by atoms with Gasteiger partial charge in [-0.3, -0.25) is 0 Å². The van der Waals surface area contributed by atoms with Gasteiger partial charge < -0.3 is 29.5 Å². The summed E-state index contributed by atoms with van der Waals surface area (Å²) < 4.78 is 17.4. The number of hydrogen-bond donors (Lipinski definition) is 3. The summed E-state index contributed by atoms with van der Waals surface area (Å²) in [6, 6.07) is 14.5. The molecular weight excluding hydrogens is 396 g/mol. The Labute approximate surface area is 182 Å². The lowest BCUT2D eigenvalue weighted by Crippen LogP contribution is -2.47. The Morgan fingerprint density at radius 3 is 2.48 bits per heavy atom. The predicted octanol–water partition coefficient (Wildman–Crippen LogP) is 2.15. The number of hydrogen-bond acceptors (Lipinski definition) is 6. The molecule has 1 saturated carbocycles. The lowest BCUT2D eigenvalue weighted by atomic mass is 9.91. The van der Waals surface area contributed by atoms with Crippen LogP contribution in [0.25, 0.3) is 0 Å². The molecule has 166 valence electrons. The molecule has 6 heteroatoms. The number of aryl methyl sites for hydroxylation is 1. The predicted molar refractivity (Wildman–Crippen MR) is 114 cm³/mol. The molecule has 4 unspecified atom stereocenters. The molecule has 0 radical (unpaired) electrons. The van der Waals surface area contributed by atoms with Gasteiger partial charge in [-0.2, -0.15) is 0 Å². The smallest absolute Gasteiger partial charge is 0.119 e. The van der Waals surface area contributed by atoms with Crippen molar-refractivity contribution in [2.45, 2.75) is 50.3 Å². The Balaban J connectivity index is 1.26. The SMILES string of the molecule is Cc1ccc([C@@H]2CC(O)[C@H](O)C(CO)O2)cc1Cc1ccc(OC2C3COCC32)cc1. The van der Waals surface area contributed by atoms with Crippen LogP contribution in [0.2, 0.25) is 0 Å². The first kappa shape index (κ1) is 20.9. The van der Waals surface area contributed by atoms with Gasteiger partial charge >= 0.3 is 0 Å². The van der Waals surface area contributed by atoms with E-state index in [0.29, 0.717) is 24.4 Å². The zero-order valence-electron chi connectivity index (χ0n) is 17.7. The van der Waals surface area contributed by atoms with Gasteiger partial charge in [0.1, 0.15) is 24.1 Å². The van der Waals surface area contributed by atoms with E-state index in [1.807, 2.05) is 18.2 Å². The molecule has 2 saturated heterocycles. The quantitative estimate of drug-likeness (QED) is 0.656. The van der Waals surface area contributed by atoms with Crippen molar-refractivity contribution >= 4 is 0 Å². The number of fused-ring (bicyclic) bond motifs is 1. The first-order valence-corrected chi connectivity index (χ1v) is 11.1. The van der Waals surface area contributed by atoms with Crippen LogP contribution < -0.4 is 4.74 Å². The van der Waals surface area contributed by atoms with Crippen LogP contribution in [-0.2, 0) is 15.9 Å². The highest BCUT2D eigenvalue weighted by molar-refractivity contribution is 5.38. The molecule has 2 aliphatic heterocycles. The highest BCUT2D eigenvalue weighted by Crippen LogP contribution is 2.46. The summed E-state index contributed by atoms with van der Waals surface area (Å²) >= 11 is 0. The average Bonchev–Trinajstić information content (AvgIpc) is 3.18. The molecule has 0 bridgehead atoms. The van der Waals surface area contributed by atoms with Crippen LogP contribution in [0, 0.1) is 18.8 Å². The van der Waals surface area contributed by atoms with E-state index in [4.69, 9.17) is 14.2 Å². The largest absolute Gasteiger partial charge is 0.490 e. The second kappa shape index (κ2) is 8.52. The summed E-state index contributed by atoms with van der Waals surface area (Å²) in [6.45, 7) is 3.41. The summed E-state index contributed by atoms with van der Waals surface area (Å²) in [7, 11) is 0. The molecule has 3 aliphatic rings. The van der Waals surface area contributed by atoms with Crippen molar-refractivity contribution in [3.8, 4) is 5.75 Å². The minimum absolute atomic E-state index is 0.306. The summed E-state index contributed by atoms with van der Waals surface area (Å²) in [5.74, 6) is 2.04. The second-order valence-corrected chi connectivity index (χ2v) is 9.09. The van der Waals surface area contributed by atoms with E-state index in [0.717, 1.165) is 30.9 Å². The molecule has 2 aromatic carbocycles. The van der Waals surface area contributed by atoms with E-state index in [9.17, 15) is 15.3 Å². The molecule has 1 aliphatic carbocycles. The third-order valence-corrected chi connectivity index (χ3v) is 6.96. The van der Waals surface area contributed by atoms with Gasteiger partial charge in [-0.15, -0.1) is 0 Å². The van der Waals surface area contributed by atoms with Crippen molar-refractivity contribution in [2.24, 2.45) is 11.8 Å². The maximum Gasteiger partial charge on any atom is 0.119 e. The molecule has 2 aromatic rings. The van der Waals surface area contributed by atoms with Crippen LogP contribution in [0.1, 0.15) is 34.8 Å². The van der Waals surface area contributed by atoms with Crippen molar-refractivity contribution in [2.75, 3.05) is 19.8 Å². The van der Waals surface area contributed by atoms with Crippen LogP contribution in [0.15, 0.2) is 42.5 Å². The normalized spacial score (nSPS) is 34.4. The Morgan fingerprint density at radius 2 is 1.77 bits per heavy atom. The lowest BCUT2D eigenvalue weighted by Gasteiger charge is -2.36. The van der Waals surface area contributed by atoms with Crippen LogP contribution in [0.4, 0.5) is 0 Å². The van der Waals surface area contributed by atoms with Gasteiger partial charge in [0.25, 0.3) is 0 Å². The topological polar surface area (TPSA) is 88.4 Å². The van der Waals surface area contributed by atoms with E-state index >= 15 is 0 Å². The van der Waals surface area contributed by atoms with Crippen molar-refractivity contribution in [1.82, 2.24) is 0 Å². The highest BCUT2D eigenvalue weighted by Gasteiger charge is 2.56. The molecule has 31 heavy (non-hydrogen) atoms. The second-order valence-electron chi connectivity index (χ2n) is 9.09. The zero-order chi connectivity index (χ0) is 21.5. The fourth-order valence-electron chi connectivity index (χ4n) is 4.83. The first-order chi connectivity index (χ1) is 15.0. The summed E-state index contributed by atoms with van der Waals surface area (Å²) in [5, 5.41) is 29.6. The Bertz CT molecular complexity index is 903. The van der Waals surface area contributed by atoms with E-state index in [-0.39, 0.29) is 12.7 Å². The third-order valence-electron chi connectivity index (χ3n) is 6.96. The molecule has 6 nitrogen and oxygen atoms in total. The molecule has 3 N–H and O–H groups in total. The molecule has 2 heterocycles. The van der Waals surface area contributed by atoms with E-state index < -0.39 is 18.3 Å². The maximum absolute atomic E-state index is 10.2. The van der Waals surface area contributed by atoms with E-state index in [1.165, 1.54) is 16.7 Å². The standard InChI is InChI=1S/C25H30O6/c1-14-2-5-16(22-10-21(27)24(28)23(11-26)31-22)9-17(14)8-15-3-6-18(7-4-15)30-25-19-12-29-13-20(19)25/h2-7,9,19-28H,8,10-13H2,1H3/t19?,20?,21?,22-,23?,24-,25?/m0/s1. The summed E-state index contributed by atoms with van der Waals surface area (Å²) in [4.78, 5) is 0. The van der Waals surface area contributed by atoms with Gasteiger partial charge in [-0.25, -0.2) is 0 Å². The van der Waals surface area contributed by atoms with Gasteiger partial charge in [0.2, 0.25) is 0 Å². The molecule has 5 rings (SSSR count). The first-order valence-electron chi connectivity index (χ1n) is 11.1. The average molecular weight is 427 g/mol. The minimum Gasteiger partial charge on any atom is -0.490 e. The van der Waals surface area contributed by atoms with E-state index in [1.54, 1.807) is 0 Å². The summed E-state index contributed by atoms with van der Waals surface area (Å²) in [5.41, 5.74) is 4.52. The number of aliphatic hydroxyl groups is 3.